The van der Waals surface area contributed by atoms with E-state index in [1.165, 1.54) is 55.3 Å². The van der Waals surface area contributed by atoms with Gasteiger partial charge in [0.15, 0.2) is 23.4 Å². The Morgan fingerprint density at radius 2 is 1.33 bits per heavy atom. The lowest BCUT2D eigenvalue weighted by molar-refractivity contribution is -0.161. The van der Waals surface area contributed by atoms with E-state index in [9.17, 15) is 54.9 Å². The zero-order valence-electron chi connectivity index (χ0n) is 56.5. The van der Waals surface area contributed by atoms with Crippen LogP contribution in [0.1, 0.15) is 136 Å². The zero-order chi connectivity index (χ0) is 71.8. The summed E-state index contributed by atoms with van der Waals surface area (Å²) < 4.78 is 11.3. The van der Waals surface area contributed by atoms with Crippen molar-refractivity contribution in [2.24, 2.45) is 66.0 Å². The molecular formula is C71H92N12O15. The van der Waals surface area contributed by atoms with E-state index in [0.717, 1.165) is 49.7 Å². The number of nitrogens with two attached hydrogens (primary N) is 3. The fourth-order valence-corrected chi connectivity index (χ4v) is 15.0. The summed E-state index contributed by atoms with van der Waals surface area (Å²) in [7, 11) is 1.53. The predicted molar refractivity (Wildman–Crippen MR) is 372 cm³/mol. The lowest BCUT2D eigenvalue weighted by Crippen LogP contribution is -2.61. The first-order valence-corrected chi connectivity index (χ1v) is 32.5. The molecule has 8 atom stereocenters. The van der Waals surface area contributed by atoms with Gasteiger partial charge in [0.1, 0.15) is 40.6 Å². The molecule has 27 heteroatoms. The highest BCUT2D eigenvalue weighted by Crippen LogP contribution is 2.74. The minimum Gasteiger partial charge on any atom is -0.508 e. The molecule has 0 bridgehead atoms. The molecule has 1 aliphatic heterocycles. The van der Waals surface area contributed by atoms with Gasteiger partial charge in [-0.2, -0.15) is 10.2 Å². The largest absolute Gasteiger partial charge is 0.508 e. The fourth-order valence-electron chi connectivity index (χ4n) is 15.0. The summed E-state index contributed by atoms with van der Waals surface area (Å²) in [5, 5.41) is 117. The lowest BCUT2D eigenvalue weighted by atomic mass is 9.35. The van der Waals surface area contributed by atoms with Crippen molar-refractivity contribution in [3.05, 3.63) is 134 Å². The molecule has 0 aromatic heterocycles. The molecule has 4 aromatic rings. The first-order valence-electron chi connectivity index (χ1n) is 32.5. The minimum atomic E-state index is -0.559. The molecule has 6 aliphatic carbocycles. The number of nitrogens with one attached hydrogen (secondary N) is 6. The highest BCUT2D eigenvalue weighted by atomic mass is 16.5. The highest BCUT2D eigenvalue weighted by molar-refractivity contribution is 6.33. The molecule has 3 saturated carbocycles. The number of allylic oxidation sites excluding steroid dienone is 7. The summed E-state index contributed by atoms with van der Waals surface area (Å²) in [6.07, 6.45) is 13.0. The average molecular weight is 1350 g/mol. The molecule has 98 heavy (non-hydrogen) atoms. The van der Waals surface area contributed by atoms with Crippen LogP contribution in [0.3, 0.4) is 0 Å². The monoisotopic (exact) mass is 1350 g/mol. The van der Waals surface area contributed by atoms with E-state index in [0.29, 0.717) is 96.9 Å². The quantitative estimate of drug-likeness (QED) is 0.0117. The molecular weight excluding hydrogens is 1260 g/mol. The predicted octanol–water partition coefficient (Wildman–Crippen LogP) is 6.59. The van der Waals surface area contributed by atoms with Gasteiger partial charge in [-0.05, 0) is 127 Å². The number of ether oxygens (including phenoxy) is 2. The third kappa shape index (κ3) is 15.2. The van der Waals surface area contributed by atoms with Crippen molar-refractivity contribution in [2.75, 3.05) is 70.2 Å². The van der Waals surface area contributed by atoms with Gasteiger partial charge < -0.3 is 93.9 Å². The van der Waals surface area contributed by atoms with Gasteiger partial charge in [-0.3, -0.25) is 24.6 Å². The van der Waals surface area contributed by atoms with E-state index in [1.807, 2.05) is 6.92 Å². The summed E-state index contributed by atoms with van der Waals surface area (Å²) in [5.41, 5.74) is 23.9. The number of Topliss-reactive ketones (excluding diaryl/α,β-unsaturated/α-hetero) is 1. The van der Waals surface area contributed by atoms with E-state index in [2.05, 4.69) is 88.8 Å². The van der Waals surface area contributed by atoms with Crippen molar-refractivity contribution in [2.45, 2.75) is 106 Å². The molecule has 0 amide bonds. The molecule has 4 aromatic carbocycles. The van der Waals surface area contributed by atoms with E-state index >= 15 is 0 Å². The number of guanidine groups is 2. The van der Waals surface area contributed by atoms with Crippen molar-refractivity contribution in [3.63, 3.8) is 0 Å². The summed E-state index contributed by atoms with van der Waals surface area (Å²) in [5.74, 6) is -1.74. The fraction of sp³-hybridized carbons (Fsp3) is 0.437. The third-order valence-electron chi connectivity index (χ3n) is 20.3. The lowest BCUT2D eigenvalue weighted by Gasteiger charge is -2.69. The van der Waals surface area contributed by atoms with Crippen molar-refractivity contribution in [3.8, 4) is 40.2 Å². The zero-order valence-corrected chi connectivity index (χ0v) is 56.5. The number of rotatable bonds is 17. The summed E-state index contributed by atoms with van der Waals surface area (Å²) in [4.78, 5) is 51.9. The number of phenols is 6. The summed E-state index contributed by atoms with van der Waals surface area (Å²) in [6.45, 7) is 18.1. The van der Waals surface area contributed by atoms with E-state index in [4.69, 9.17) is 42.3 Å². The van der Waals surface area contributed by atoms with Gasteiger partial charge in [0.2, 0.25) is 29.3 Å². The first kappa shape index (κ1) is 74.0. The average Bonchev–Trinajstić information content (AvgIpc) is 0.680. The second kappa shape index (κ2) is 30.7. The Morgan fingerprint density at radius 3 is 1.89 bits per heavy atom. The van der Waals surface area contributed by atoms with Gasteiger partial charge in [0.25, 0.3) is 0 Å². The van der Waals surface area contributed by atoms with Crippen molar-refractivity contribution < 1.29 is 74.6 Å². The van der Waals surface area contributed by atoms with Gasteiger partial charge in [0, 0.05) is 105 Å². The Hall–Kier alpha value is -9.80. The number of fused-ring (bicyclic) bond motifs is 10. The molecule has 0 saturated heterocycles. The van der Waals surface area contributed by atoms with Gasteiger partial charge in [-0.15, -0.1) is 5.10 Å². The molecule has 11 rings (SSSR count). The number of benzene rings is 4. The third-order valence-corrected chi connectivity index (χ3v) is 20.3. The minimum absolute atomic E-state index is 0.00939. The van der Waals surface area contributed by atoms with E-state index in [1.54, 1.807) is 31.2 Å². The Bertz CT molecular complexity index is 3910. The number of carbonyl (C=O) groups excluding carboxylic acids is 4. The summed E-state index contributed by atoms with van der Waals surface area (Å²) in [6, 6.07) is 12.8. The smallest absolute Gasteiger partial charge is 0.220 e. The molecule has 526 valence electrons. The standard InChI is InChI=1S/C28H36O3.C22H28N4O6.C16H16O6.C5H12N8/c1-16-13-23-25(3,15-21(16)30)9-11-27(5)22-8-7-18-17(2)24(31)20(29)14-19(18)26(22,4)10-12-28(23,27)6;27-11-9-23-5-7-25-13-1-2-14(26-8-6-24-10-12-28)18-17(13)21(31)19-15(29)3-4-16(30)20(19)22(18)32;1-21-15-7-10-12(19)5-9(17)6-14(10)22-16(15)8-2-3-11(18)13(20)4-8;1-3(11-13-5(8)9)2-10-12-4(6)7/h7-8,14,16,23,31H,9-13,15H2,1-6H3;1-4,23-30H,5-12H2;2-6,15-20H,7H2,1H3;2H,1H3,(H4,6,7,12)(H4,8,9,13)/b;;;10-2+,11-3+/t16-,23-,25+,26+,27+,28-;;15-,16+;/m1.0./s1. The van der Waals surface area contributed by atoms with Crippen LogP contribution in [-0.2, 0) is 20.7 Å². The Kier molecular flexibility index (Phi) is 23.2. The number of hydrogen-bond acceptors (Lipinski definition) is 23. The maximum atomic E-state index is 13.4. The Balaban J connectivity index is 0.000000174. The number of hydrazone groups is 1. The van der Waals surface area contributed by atoms with Crippen LogP contribution >= 0.6 is 0 Å². The number of aliphatic hydroxyl groups is 3. The van der Waals surface area contributed by atoms with Crippen LogP contribution in [-0.4, -0.2) is 159 Å². The Morgan fingerprint density at radius 1 is 0.724 bits per heavy atom. The number of aliphatic hydroxyl groups excluding tert-OH is 3. The number of ketones is 4. The van der Waals surface area contributed by atoms with E-state index in [-0.39, 0.29) is 127 Å². The van der Waals surface area contributed by atoms with Crippen LogP contribution in [0.25, 0.3) is 0 Å². The number of anilines is 2. The van der Waals surface area contributed by atoms with Crippen LogP contribution in [0.15, 0.2) is 116 Å². The van der Waals surface area contributed by atoms with Gasteiger partial charge >= 0.3 is 0 Å². The van der Waals surface area contributed by atoms with Gasteiger partial charge in [0.05, 0.1) is 47.4 Å². The SMILES string of the molecule is CC(/C=N/NC(=N)N)=N\N=C(N)N.CC1=C(O)C(=O)C=C2C1=CC=C1[C@@]2(C)CC[C@]2(C)[C@@H]3C[C@@H](C)C(=O)C[C@]3(C)CC[C@@]12C.CO[C@H]1Cc2c(O)cc(O)cc2O[C@@H]1c1ccc(O)c(O)c1.O=C1c2c(O)ccc(O)c2C(=O)c2c(NCCNCCO)ccc(NCCNCCO)c21. The topological polar surface area (TPSA) is 468 Å². The number of hydrogen-bond donors (Lipinski definition) is 18. The van der Waals surface area contributed by atoms with Crippen molar-refractivity contribution >= 4 is 58.4 Å². The van der Waals surface area contributed by atoms with Crippen molar-refractivity contribution in [1.82, 2.24) is 16.1 Å². The second-order valence-corrected chi connectivity index (χ2v) is 26.6. The molecule has 0 spiro atoms. The van der Waals surface area contributed by atoms with Crippen LogP contribution in [0.2, 0.25) is 0 Å². The van der Waals surface area contributed by atoms with Crippen LogP contribution in [0.5, 0.6) is 40.2 Å². The molecule has 0 radical (unpaired) electrons. The number of nitrogens with zero attached hydrogens (tertiary/aromatic N) is 3. The first-order chi connectivity index (χ1) is 46.4. The number of aromatic hydroxyl groups is 6. The van der Waals surface area contributed by atoms with E-state index < -0.39 is 17.7 Å². The van der Waals surface area contributed by atoms with Gasteiger partial charge in [-0.1, -0.05) is 58.4 Å². The molecule has 1 heterocycles. The Labute approximate surface area is 568 Å². The van der Waals surface area contributed by atoms with Crippen LogP contribution in [0, 0.1) is 38.9 Å². The maximum absolute atomic E-state index is 13.4. The van der Waals surface area contributed by atoms with Crippen LogP contribution in [0.4, 0.5) is 11.4 Å². The number of phenolic OH excluding ortho intramolecular Hbond substituents is 6. The molecule has 7 aliphatic rings. The second-order valence-electron chi connectivity index (χ2n) is 26.6. The summed E-state index contributed by atoms with van der Waals surface area (Å²) >= 11 is 0. The van der Waals surface area contributed by atoms with Crippen molar-refractivity contribution in [1.29, 1.82) is 5.41 Å². The highest BCUT2D eigenvalue weighted by Gasteiger charge is 2.66. The maximum Gasteiger partial charge on any atom is 0.220 e. The van der Waals surface area contributed by atoms with Gasteiger partial charge in [-0.25, -0.2) is 5.43 Å². The molecule has 3 fully saturated rings. The molecule has 21 N–H and O–H groups in total. The normalized spacial score (nSPS) is 24.9. The number of carbonyl (C=O) groups is 4. The van der Waals surface area contributed by atoms with Crippen LogP contribution < -0.4 is 48.6 Å². The molecule has 0 unspecified atom stereocenters. The molecule has 27 nitrogen and oxygen atoms in total. The number of methoxy groups -OCH3 is 1.